The van der Waals surface area contributed by atoms with Crippen LogP contribution in [0.4, 0.5) is 0 Å². The summed E-state index contributed by atoms with van der Waals surface area (Å²) in [6.07, 6.45) is 1.14. The number of aromatic nitrogens is 2. The van der Waals surface area contributed by atoms with Crippen LogP contribution in [0.1, 0.15) is 16.2 Å². The van der Waals surface area contributed by atoms with E-state index in [0.29, 0.717) is 5.69 Å². The molecule has 0 saturated carbocycles. The van der Waals surface area contributed by atoms with Gasteiger partial charge in [-0.1, -0.05) is 0 Å². The number of hydrogen-bond donors (Lipinski definition) is 2. The van der Waals surface area contributed by atoms with Gasteiger partial charge in [0.25, 0.3) is 0 Å². The molecule has 0 aliphatic heterocycles. The Kier molecular flexibility index (Phi) is 2.20. The Hall–Kier alpha value is -1.69. The van der Waals surface area contributed by atoms with Crippen LogP contribution < -0.4 is 5.90 Å². The molecular formula is C6H7N3O3. The molecule has 1 aromatic heterocycles. The zero-order chi connectivity index (χ0) is 9.14. The Morgan fingerprint density at radius 3 is 2.92 bits per heavy atom. The highest BCUT2D eigenvalue weighted by molar-refractivity contribution is 5.90. The lowest BCUT2D eigenvalue weighted by atomic mass is 10.3. The smallest absolute Gasteiger partial charge is 0.379 e. The minimum Gasteiger partial charge on any atom is -0.504 e. The average Bonchev–Trinajstić information content (AvgIpc) is 2.08. The van der Waals surface area contributed by atoms with Gasteiger partial charge in [-0.05, 0) is 6.92 Å². The second-order valence-corrected chi connectivity index (χ2v) is 2.06. The highest BCUT2D eigenvalue weighted by atomic mass is 16.7. The predicted molar refractivity (Wildman–Crippen MR) is 38.0 cm³/mol. The number of carbonyl (C=O) groups is 1. The maximum Gasteiger partial charge on any atom is 0.379 e. The molecule has 64 valence electrons. The van der Waals surface area contributed by atoms with Gasteiger partial charge < -0.3 is 9.94 Å². The van der Waals surface area contributed by atoms with Crippen LogP contribution in [0.15, 0.2) is 6.33 Å². The van der Waals surface area contributed by atoms with E-state index in [1.807, 2.05) is 0 Å². The number of hydrogen-bond acceptors (Lipinski definition) is 6. The van der Waals surface area contributed by atoms with Crippen molar-refractivity contribution in [3.8, 4) is 5.75 Å². The first-order valence-corrected chi connectivity index (χ1v) is 3.08. The predicted octanol–water partition coefficient (Wildman–Crippen LogP) is -0.479. The number of rotatable bonds is 1. The monoisotopic (exact) mass is 169 g/mol. The fourth-order valence-corrected chi connectivity index (χ4v) is 0.672. The maximum absolute atomic E-state index is 10.8. The van der Waals surface area contributed by atoms with E-state index in [2.05, 4.69) is 20.7 Å². The average molecular weight is 169 g/mol. The highest BCUT2D eigenvalue weighted by Crippen LogP contribution is 2.16. The van der Waals surface area contributed by atoms with Gasteiger partial charge in [-0.3, -0.25) is 0 Å². The van der Waals surface area contributed by atoms with Gasteiger partial charge in [0.2, 0.25) is 0 Å². The van der Waals surface area contributed by atoms with Gasteiger partial charge >= 0.3 is 5.97 Å². The lowest BCUT2D eigenvalue weighted by molar-refractivity contribution is 0.0492. The van der Waals surface area contributed by atoms with Gasteiger partial charge in [0.1, 0.15) is 6.33 Å². The van der Waals surface area contributed by atoms with Crippen molar-refractivity contribution in [2.24, 2.45) is 5.90 Å². The Labute approximate surface area is 68.0 Å². The van der Waals surface area contributed by atoms with E-state index in [0.717, 1.165) is 6.33 Å². The molecule has 1 heterocycles. The van der Waals surface area contributed by atoms with Crippen LogP contribution in [-0.2, 0) is 4.84 Å². The molecular weight excluding hydrogens is 162 g/mol. The van der Waals surface area contributed by atoms with Gasteiger partial charge in [0.05, 0.1) is 5.69 Å². The first-order chi connectivity index (χ1) is 5.66. The molecule has 0 aromatic carbocycles. The van der Waals surface area contributed by atoms with Crippen molar-refractivity contribution in [3.63, 3.8) is 0 Å². The standard InChI is InChI=1S/C6H7N3O3/c1-3-5(10)4(6(11)12-7)9-2-8-3/h2,10H,7H2,1H3. The summed E-state index contributed by atoms with van der Waals surface area (Å²) in [5, 5.41) is 9.22. The fraction of sp³-hybridized carbons (Fsp3) is 0.167. The number of nitrogens with two attached hydrogens (primary N) is 1. The summed E-state index contributed by atoms with van der Waals surface area (Å²) in [7, 11) is 0. The van der Waals surface area contributed by atoms with Crippen LogP contribution in [0.2, 0.25) is 0 Å². The van der Waals surface area contributed by atoms with Crippen molar-refractivity contribution in [2.45, 2.75) is 6.92 Å². The van der Waals surface area contributed by atoms with Crippen molar-refractivity contribution >= 4 is 5.97 Å². The van der Waals surface area contributed by atoms with Gasteiger partial charge in [0.15, 0.2) is 11.4 Å². The molecule has 1 rings (SSSR count). The Balaban J connectivity index is 3.16. The van der Waals surface area contributed by atoms with E-state index in [1.165, 1.54) is 6.92 Å². The van der Waals surface area contributed by atoms with E-state index < -0.39 is 5.97 Å². The fourth-order valence-electron chi connectivity index (χ4n) is 0.672. The molecule has 0 spiro atoms. The number of nitrogens with zero attached hydrogens (tertiary/aromatic N) is 2. The summed E-state index contributed by atoms with van der Waals surface area (Å²) in [6, 6.07) is 0. The molecule has 12 heavy (non-hydrogen) atoms. The van der Waals surface area contributed by atoms with E-state index >= 15 is 0 Å². The largest absolute Gasteiger partial charge is 0.504 e. The summed E-state index contributed by atoms with van der Waals surface area (Å²) >= 11 is 0. The molecule has 0 fully saturated rings. The first-order valence-electron chi connectivity index (χ1n) is 3.08. The van der Waals surface area contributed by atoms with Crippen molar-refractivity contribution in [3.05, 3.63) is 17.7 Å². The molecule has 0 saturated heterocycles. The molecule has 0 amide bonds. The normalized spacial score (nSPS) is 9.50. The van der Waals surface area contributed by atoms with E-state index in [4.69, 9.17) is 0 Å². The van der Waals surface area contributed by atoms with Crippen molar-refractivity contribution < 1.29 is 14.7 Å². The topological polar surface area (TPSA) is 98.3 Å². The molecule has 0 atom stereocenters. The molecule has 0 aliphatic carbocycles. The van der Waals surface area contributed by atoms with E-state index in [-0.39, 0.29) is 11.4 Å². The third-order valence-corrected chi connectivity index (χ3v) is 1.31. The van der Waals surface area contributed by atoms with Crippen LogP contribution >= 0.6 is 0 Å². The molecule has 0 aliphatic rings. The van der Waals surface area contributed by atoms with Crippen LogP contribution in [0, 0.1) is 6.92 Å². The molecule has 1 aromatic rings. The summed E-state index contributed by atoms with van der Waals surface area (Å²) in [6.45, 7) is 1.53. The van der Waals surface area contributed by atoms with Gasteiger partial charge in [-0.25, -0.2) is 14.8 Å². The second-order valence-electron chi connectivity index (χ2n) is 2.06. The van der Waals surface area contributed by atoms with Gasteiger partial charge in [-0.2, -0.15) is 5.90 Å². The van der Waals surface area contributed by atoms with Gasteiger partial charge in [0, 0.05) is 0 Å². The van der Waals surface area contributed by atoms with Crippen LogP contribution in [0.25, 0.3) is 0 Å². The van der Waals surface area contributed by atoms with Crippen molar-refractivity contribution in [2.75, 3.05) is 0 Å². The zero-order valence-corrected chi connectivity index (χ0v) is 6.31. The first kappa shape index (κ1) is 8.41. The number of aryl methyl sites for hydroxylation is 1. The third-order valence-electron chi connectivity index (χ3n) is 1.31. The second kappa shape index (κ2) is 3.14. The minimum atomic E-state index is -0.891. The maximum atomic E-state index is 10.8. The molecule has 6 nitrogen and oxygen atoms in total. The molecule has 0 bridgehead atoms. The Morgan fingerprint density at radius 2 is 2.33 bits per heavy atom. The van der Waals surface area contributed by atoms with E-state index in [1.54, 1.807) is 0 Å². The lowest BCUT2D eigenvalue weighted by Gasteiger charge is -2.01. The van der Waals surface area contributed by atoms with Crippen LogP contribution in [0.3, 0.4) is 0 Å². The van der Waals surface area contributed by atoms with Crippen LogP contribution in [0.5, 0.6) is 5.75 Å². The van der Waals surface area contributed by atoms with Gasteiger partial charge in [-0.15, -0.1) is 0 Å². The lowest BCUT2D eigenvalue weighted by Crippen LogP contribution is -2.12. The van der Waals surface area contributed by atoms with Crippen LogP contribution in [-0.4, -0.2) is 21.0 Å². The zero-order valence-electron chi connectivity index (χ0n) is 6.31. The summed E-state index contributed by atoms with van der Waals surface area (Å²) in [5.41, 5.74) is 0.0652. The number of aromatic hydroxyl groups is 1. The van der Waals surface area contributed by atoms with E-state index in [9.17, 15) is 9.90 Å². The quantitative estimate of drug-likeness (QED) is 0.551. The van der Waals surface area contributed by atoms with Crippen molar-refractivity contribution in [1.29, 1.82) is 0 Å². The molecule has 6 heteroatoms. The minimum absolute atomic E-state index is 0.231. The molecule has 0 radical (unpaired) electrons. The molecule has 3 N–H and O–H groups in total. The molecule has 0 unspecified atom stereocenters. The highest BCUT2D eigenvalue weighted by Gasteiger charge is 2.15. The summed E-state index contributed by atoms with van der Waals surface area (Å²) < 4.78 is 0. The Bertz CT molecular complexity index is 313. The Morgan fingerprint density at radius 1 is 1.67 bits per heavy atom. The SMILES string of the molecule is Cc1ncnc(C(=O)ON)c1O. The summed E-state index contributed by atoms with van der Waals surface area (Å²) in [4.78, 5) is 21.8. The third kappa shape index (κ3) is 1.32. The van der Waals surface area contributed by atoms with Crippen molar-refractivity contribution in [1.82, 2.24) is 9.97 Å². The summed E-state index contributed by atoms with van der Waals surface area (Å²) in [5.74, 6) is 3.40. The number of carbonyl (C=O) groups excluding carboxylic acids is 1.